The van der Waals surface area contributed by atoms with Crippen LogP contribution in [0.1, 0.15) is 44.2 Å². The average Bonchev–Trinajstić information content (AvgIpc) is 2.48. The molecule has 0 saturated heterocycles. The van der Waals surface area contributed by atoms with Crippen molar-refractivity contribution < 1.29 is 22.0 Å². The van der Waals surface area contributed by atoms with E-state index in [1.54, 1.807) is 0 Å². The van der Waals surface area contributed by atoms with E-state index in [4.69, 9.17) is 6.42 Å². The van der Waals surface area contributed by atoms with Crippen LogP contribution in [0.3, 0.4) is 0 Å². The summed E-state index contributed by atoms with van der Waals surface area (Å²) in [7, 11) is 0. The van der Waals surface area contributed by atoms with Gasteiger partial charge in [-0.25, -0.2) is 22.0 Å². The monoisotopic (exact) mass is 305 g/mol. The van der Waals surface area contributed by atoms with Gasteiger partial charge in [-0.15, -0.1) is 12.3 Å². The predicted octanol–water partition coefficient (Wildman–Crippen LogP) is 4.23. The highest BCUT2D eigenvalue weighted by molar-refractivity contribution is 5.27. The van der Waals surface area contributed by atoms with Crippen LogP contribution in [0.25, 0.3) is 0 Å². The molecule has 0 aliphatic carbocycles. The summed E-state index contributed by atoms with van der Waals surface area (Å²) >= 11 is 0. The van der Waals surface area contributed by atoms with Gasteiger partial charge in [0.25, 0.3) is 0 Å². The van der Waals surface area contributed by atoms with Crippen LogP contribution in [-0.2, 0) is 0 Å². The largest absolute Gasteiger partial charge is 0.310 e. The molecule has 21 heavy (non-hydrogen) atoms. The molecule has 0 heterocycles. The summed E-state index contributed by atoms with van der Waals surface area (Å²) in [6.07, 6.45) is 6.71. The molecule has 1 unspecified atom stereocenters. The number of terminal acetylenes is 1. The minimum Gasteiger partial charge on any atom is -0.310 e. The molecule has 0 saturated carbocycles. The number of hydrogen-bond donors (Lipinski definition) is 1. The molecule has 0 aromatic heterocycles. The van der Waals surface area contributed by atoms with Crippen LogP contribution < -0.4 is 5.32 Å². The van der Waals surface area contributed by atoms with Gasteiger partial charge >= 0.3 is 0 Å². The molecule has 6 heteroatoms. The van der Waals surface area contributed by atoms with Crippen LogP contribution >= 0.6 is 0 Å². The van der Waals surface area contributed by atoms with Crippen molar-refractivity contribution in [3.8, 4) is 12.3 Å². The highest BCUT2D eigenvalue weighted by Gasteiger charge is 2.29. The first-order valence-electron chi connectivity index (χ1n) is 6.63. The molecule has 116 valence electrons. The second-order valence-corrected chi connectivity index (χ2v) is 4.59. The molecule has 1 rings (SSSR count). The highest BCUT2D eigenvalue weighted by atomic mass is 19.2. The Morgan fingerprint density at radius 1 is 1.00 bits per heavy atom. The zero-order valence-corrected chi connectivity index (χ0v) is 11.6. The molecule has 1 atom stereocenters. The molecule has 1 N–H and O–H groups in total. The Hall–Kier alpha value is -1.61. The molecular weight excluding hydrogens is 289 g/mol. The third-order valence-electron chi connectivity index (χ3n) is 3.05. The lowest BCUT2D eigenvalue weighted by atomic mass is 9.98. The fraction of sp³-hybridized carbons (Fsp3) is 0.467. The third-order valence-corrected chi connectivity index (χ3v) is 3.05. The van der Waals surface area contributed by atoms with Crippen LogP contribution in [0.4, 0.5) is 22.0 Å². The summed E-state index contributed by atoms with van der Waals surface area (Å²) in [4.78, 5) is 0. The number of rotatable bonds is 7. The van der Waals surface area contributed by atoms with Crippen LogP contribution in [0, 0.1) is 41.4 Å². The van der Waals surface area contributed by atoms with Gasteiger partial charge < -0.3 is 5.32 Å². The number of nitrogens with one attached hydrogen (secondary N) is 1. The van der Waals surface area contributed by atoms with E-state index in [2.05, 4.69) is 11.2 Å². The molecule has 0 radical (unpaired) electrons. The quantitative estimate of drug-likeness (QED) is 0.261. The van der Waals surface area contributed by atoms with Crippen molar-refractivity contribution in [2.45, 2.75) is 38.6 Å². The fourth-order valence-corrected chi connectivity index (χ4v) is 2.00. The Bertz CT molecular complexity index is 507. The van der Waals surface area contributed by atoms with Gasteiger partial charge in [-0.1, -0.05) is 6.92 Å². The molecule has 0 aliphatic heterocycles. The molecule has 0 bridgehead atoms. The Morgan fingerprint density at radius 3 is 2.00 bits per heavy atom. The van der Waals surface area contributed by atoms with Crippen molar-refractivity contribution in [1.29, 1.82) is 0 Å². The Balaban J connectivity index is 3.20. The van der Waals surface area contributed by atoms with Crippen molar-refractivity contribution in [2.24, 2.45) is 0 Å². The zero-order chi connectivity index (χ0) is 16.0. The number of hydrogen-bond acceptors (Lipinski definition) is 1. The molecular formula is C15H16F5N. The summed E-state index contributed by atoms with van der Waals surface area (Å²) < 4.78 is 67.1. The van der Waals surface area contributed by atoms with Gasteiger partial charge in [-0.2, -0.15) is 0 Å². The smallest absolute Gasteiger partial charge is 0.200 e. The first kappa shape index (κ1) is 17.4. The van der Waals surface area contributed by atoms with E-state index in [9.17, 15) is 22.0 Å². The minimum atomic E-state index is -2.15. The lowest BCUT2D eigenvalue weighted by Crippen LogP contribution is -2.25. The van der Waals surface area contributed by atoms with Gasteiger partial charge in [0, 0.05) is 18.0 Å². The molecule has 0 fully saturated rings. The maximum absolute atomic E-state index is 13.8. The van der Waals surface area contributed by atoms with E-state index < -0.39 is 40.7 Å². The van der Waals surface area contributed by atoms with Gasteiger partial charge in [-0.3, -0.25) is 0 Å². The maximum atomic E-state index is 13.8. The standard InChI is InChI=1S/C15H16F5N/c1-3-5-6-7-9(21-8-4-2)10-11(16)13(18)15(20)14(19)12(10)17/h1,9,21H,4-8H2,2H3. The van der Waals surface area contributed by atoms with Crippen molar-refractivity contribution in [3.05, 3.63) is 34.6 Å². The van der Waals surface area contributed by atoms with E-state index in [0.717, 1.165) is 0 Å². The number of benzene rings is 1. The van der Waals surface area contributed by atoms with Crippen molar-refractivity contribution >= 4 is 0 Å². The van der Waals surface area contributed by atoms with Gasteiger partial charge in [0.05, 0.1) is 0 Å². The highest BCUT2D eigenvalue weighted by Crippen LogP contribution is 2.30. The SMILES string of the molecule is C#CCCCC(NCCC)c1c(F)c(F)c(F)c(F)c1F. The van der Waals surface area contributed by atoms with Crippen LogP contribution in [-0.4, -0.2) is 6.54 Å². The molecule has 0 amide bonds. The average molecular weight is 305 g/mol. The summed E-state index contributed by atoms with van der Waals surface area (Å²) in [5.74, 6) is -7.21. The maximum Gasteiger partial charge on any atom is 0.200 e. The normalized spacial score (nSPS) is 12.2. The first-order chi connectivity index (χ1) is 9.95. The predicted molar refractivity (Wildman–Crippen MR) is 70.0 cm³/mol. The Morgan fingerprint density at radius 2 is 1.52 bits per heavy atom. The Kier molecular flexibility index (Phi) is 6.63. The van der Waals surface area contributed by atoms with Gasteiger partial charge in [-0.05, 0) is 25.8 Å². The van der Waals surface area contributed by atoms with Gasteiger partial charge in [0.2, 0.25) is 5.82 Å². The molecule has 0 spiro atoms. The molecule has 1 aromatic rings. The van der Waals surface area contributed by atoms with Crippen LogP contribution in [0.5, 0.6) is 0 Å². The number of unbranched alkanes of at least 4 members (excludes halogenated alkanes) is 1. The van der Waals surface area contributed by atoms with Crippen LogP contribution in [0.15, 0.2) is 0 Å². The topological polar surface area (TPSA) is 12.0 Å². The van der Waals surface area contributed by atoms with Crippen molar-refractivity contribution in [3.63, 3.8) is 0 Å². The lowest BCUT2D eigenvalue weighted by molar-refractivity contribution is 0.350. The summed E-state index contributed by atoms with van der Waals surface area (Å²) in [5.41, 5.74) is -0.822. The van der Waals surface area contributed by atoms with Crippen molar-refractivity contribution in [1.82, 2.24) is 5.32 Å². The summed E-state index contributed by atoms with van der Waals surface area (Å²) in [6.45, 7) is 2.21. The van der Waals surface area contributed by atoms with Gasteiger partial charge in [0.15, 0.2) is 23.3 Å². The zero-order valence-electron chi connectivity index (χ0n) is 11.6. The van der Waals surface area contributed by atoms with E-state index in [-0.39, 0.29) is 6.42 Å². The van der Waals surface area contributed by atoms with Crippen LogP contribution in [0.2, 0.25) is 0 Å². The summed E-state index contributed by atoms with van der Waals surface area (Å²) in [6, 6.07) is -0.970. The Labute approximate surface area is 120 Å². The fourth-order valence-electron chi connectivity index (χ4n) is 2.00. The first-order valence-corrected chi connectivity index (χ1v) is 6.63. The molecule has 0 aliphatic rings. The van der Waals surface area contributed by atoms with Gasteiger partial charge in [0.1, 0.15) is 0 Å². The minimum absolute atomic E-state index is 0.183. The number of halogens is 5. The van der Waals surface area contributed by atoms with Crippen molar-refractivity contribution in [2.75, 3.05) is 6.54 Å². The second-order valence-electron chi connectivity index (χ2n) is 4.59. The lowest BCUT2D eigenvalue weighted by Gasteiger charge is -2.20. The van der Waals surface area contributed by atoms with E-state index in [1.807, 2.05) is 6.92 Å². The van der Waals surface area contributed by atoms with E-state index in [1.165, 1.54) is 0 Å². The second kappa shape index (κ2) is 7.99. The summed E-state index contributed by atoms with van der Waals surface area (Å²) in [5, 5.41) is 2.80. The van der Waals surface area contributed by atoms with E-state index in [0.29, 0.717) is 25.8 Å². The van der Waals surface area contributed by atoms with E-state index >= 15 is 0 Å². The molecule has 1 aromatic carbocycles. The third kappa shape index (κ3) is 3.94. The molecule has 1 nitrogen and oxygen atoms in total.